The van der Waals surface area contributed by atoms with E-state index in [9.17, 15) is 22.4 Å². The molecule has 220 valence electrons. The third kappa shape index (κ3) is 6.07. The second-order valence-corrected chi connectivity index (χ2v) is 10.4. The molecule has 0 N–H and O–H groups in total. The summed E-state index contributed by atoms with van der Waals surface area (Å²) in [7, 11) is 0. The fourth-order valence-corrected chi connectivity index (χ4v) is 5.23. The van der Waals surface area contributed by atoms with Crippen molar-refractivity contribution in [1.82, 2.24) is 14.7 Å². The first-order valence-electron chi connectivity index (χ1n) is 13.4. The van der Waals surface area contributed by atoms with Crippen molar-refractivity contribution in [2.45, 2.75) is 12.7 Å². The van der Waals surface area contributed by atoms with Crippen LogP contribution in [-0.2, 0) is 17.5 Å². The van der Waals surface area contributed by atoms with Gasteiger partial charge >= 0.3 is 6.18 Å². The van der Waals surface area contributed by atoms with Crippen LogP contribution < -0.4 is 4.74 Å². The number of fused-ring (bicyclic) bond motifs is 1. The highest BCUT2D eigenvalue weighted by Gasteiger charge is 2.34. The summed E-state index contributed by atoms with van der Waals surface area (Å²) in [6, 6.07) is 21.6. The Morgan fingerprint density at radius 3 is 2.40 bits per heavy atom. The van der Waals surface area contributed by atoms with Crippen molar-refractivity contribution in [2.24, 2.45) is 0 Å². The first-order chi connectivity index (χ1) is 20.7. The van der Waals surface area contributed by atoms with Gasteiger partial charge in [-0.15, -0.1) is 0 Å². The van der Waals surface area contributed by atoms with Gasteiger partial charge in [0.15, 0.2) is 0 Å². The molecule has 2 heterocycles. The summed E-state index contributed by atoms with van der Waals surface area (Å²) < 4.78 is 69.0. The Kier molecular flexibility index (Phi) is 7.81. The van der Waals surface area contributed by atoms with Crippen LogP contribution >= 0.6 is 11.6 Å². The molecule has 0 spiro atoms. The van der Waals surface area contributed by atoms with Gasteiger partial charge in [0, 0.05) is 40.2 Å². The molecule has 1 aromatic heterocycles. The zero-order valence-corrected chi connectivity index (χ0v) is 23.3. The van der Waals surface area contributed by atoms with Crippen LogP contribution in [0.15, 0.2) is 84.9 Å². The molecule has 0 saturated carbocycles. The summed E-state index contributed by atoms with van der Waals surface area (Å²) in [6.07, 6.45) is -4.63. The minimum atomic E-state index is -4.63. The minimum Gasteiger partial charge on any atom is -0.457 e. The van der Waals surface area contributed by atoms with E-state index in [1.807, 2.05) is 0 Å². The summed E-state index contributed by atoms with van der Waals surface area (Å²) in [4.78, 5) is 14.6. The molecule has 0 bridgehead atoms. The van der Waals surface area contributed by atoms with Crippen LogP contribution in [0, 0.1) is 5.82 Å². The van der Waals surface area contributed by atoms with E-state index in [2.05, 4.69) is 5.10 Å². The molecule has 6 rings (SSSR count). The number of rotatable bonds is 6. The van der Waals surface area contributed by atoms with Gasteiger partial charge in [-0.1, -0.05) is 35.9 Å². The van der Waals surface area contributed by atoms with E-state index in [1.165, 1.54) is 22.9 Å². The van der Waals surface area contributed by atoms with Gasteiger partial charge in [0.25, 0.3) is 5.91 Å². The summed E-state index contributed by atoms with van der Waals surface area (Å²) in [6.45, 7) is 1.91. The van der Waals surface area contributed by atoms with Crippen LogP contribution in [-0.4, -0.2) is 46.9 Å². The largest absolute Gasteiger partial charge is 0.457 e. The van der Waals surface area contributed by atoms with Crippen molar-refractivity contribution in [3.63, 3.8) is 0 Å². The summed E-state index contributed by atoms with van der Waals surface area (Å²) in [5.74, 6) is 0.205. The second-order valence-electron chi connectivity index (χ2n) is 10.0. The van der Waals surface area contributed by atoms with Crippen molar-refractivity contribution < 1.29 is 31.8 Å². The van der Waals surface area contributed by atoms with E-state index >= 15 is 0 Å². The number of benzene rings is 4. The zero-order chi connectivity index (χ0) is 30.1. The highest BCUT2D eigenvalue weighted by atomic mass is 35.5. The molecule has 0 radical (unpaired) electrons. The fourth-order valence-electron chi connectivity index (χ4n) is 5.07. The Labute approximate surface area is 249 Å². The second kappa shape index (κ2) is 11.7. The molecule has 5 aromatic rings. The number of carbonyl (C=O) groups is 1. The maximum Gasteiger partial charge on any atom is 0.418 e. The van der Waals surface area contributed by atoms with Crippen molar-refractivity contribution in [1.29, 1.82) is 0 Å². The molecule has 43 heavy (non-hydrogen) atoms. The normalized spacial score (nSPS) is 13.8. The maximum absolute atomic E-state index is 14.7. The van der Waals surface area contributed by atoms with Gasteiger partial charge in [-0.3, -0.25) is 9.48 Å². The smallest absolute Gasteiger partial charge is 0.418 e. The van der Waals surface area contributed by atoms with Crippen molar-refractivity contribution in [3.8, 4) is 22.8 Å². The van der Waals surface area contributed by atoms with Gasteiger partial charge in [0.2, 0.25) is 0 Å². The molecule has 6 nitrogen and oxygen atoms in total. The van der Waals surface area contributed by atoms with Crippen LogP contribution in [0.4, 0.5) is 17.6 Å². The number of morpholine rings is 1. The standard InChI is InChI=1S/C32H24ClF4N3O3/c33-23-10-7-22(28(34)18-23)19-40-30(26-5-2-6-27(29(26)38-40)32(35,36)37)20-8-11-24(12-9-20)43-25-4-1-3-21(17-25)31(41)39-13-15-42-16-14-39/h1-12,17-18H,13-16,19H2. The molecule has 0 atom stereocenters. The fraction of sp³-hybridized carbons (Fsp3) is 0.188. The van der Waals surface area contributed by atoms with E-state index in [-0.39, 0.29) is 33.9 Å². The number of hydrogen-bond acceptors (Lipinski definition) is 4. The van der Waals surface area contributed by atoms with Gasteiger partial charge in [-0.25, -0.2) is 4.39 Å². The number of aromatic nitrogens is 2. The zero-order valence-electron chi connectivity index (χ0n) is 22.6. The lowest BCUT2D eigenvalue weighted by molar-refractivity contribution is -0.136. The maximum atomic E-state index is 14.7. The molecule has 1 fully saturated rings. The van der Waals surface area contributed by atoms with Gasteiger partial charge in [-0.2, -0.15) is 18.3 Å². The summed E-state index contributed by atoms with van der Waals surface area (Å²) >= 11 is 5.89. The predicted octanol–water partition coefficient (Wildman–Crippen LogP) is 7.83. The number of ether oxygens (including phenoxy) is 2. The average Bonchev–Trinajstić information content (AvgIpc) is 3.36. The Hall–Kier alpha value is -4.41. The van der Waals surface area contributed by atoms with Crippen molar-refractivity contribution in [2.75, 3.05) is 26.3 Å². The number of hydrogen-bond donors (Lipinski definition) is 0. The minimum absolute atomic E-state index is 0.111. The average molecular weight is 610 g/mol. The lowest BCUT2D eigenvalue weighted by Crippen LogP contribution is -2.40. The molecule has 0 aliphatic carbocycles. The lowest BCUT2D eigenvalue weighted by Gasteiger charge is -2.26. The van der Waals surface area contributed by atoms with E-state index in [4.69, 9.17) is 21.1 Å². The Morgan fingerprint density at radius 1 is 0.930 bits per heavy atom. The number of amides is 1. The monoisotopic (exact) mass is 609 g/mol. The highest BCUT2D eigenvalue weighted by Crippen LogP contribution is 2.39. The lowest BCUT2D eigenvalue weighted by atomic mass is 10.0. The van der Waals surface area contributed by atoms with Crippen LogP contribution in [0.2, 0.25) is 5.02 Å². The molecular formula is C32H24ClF4N3O3. The SMILES string of the molecule is O=C(c1cccc(Oc2ccc(-c3c4cccc(C(F)(F)F)c4nn3Cc3ccc(Cl)cc3F)cc2)c1)N1CCOCC1. The van der Waals surface area contributed by atoms with Crippen LogP contribution in [0.25, 0.3) is 22.2 Å². The molecule has 4 aromatic carbocycles. The predicted molar refractivity (Wildman–Crippen MR) is 154 cm³/mol. The molecule has 1 aliphatic heterocycles. The highest BCUT2D eigenvalue weighted by molar-refractivity contribution is 6.30. The third-order valence-electron chi connectivity index (χ3n) is 7.15. The van der Waals surface area contributed by atoms with Gasteiger partial charge in [0.05, 0.1) is 31.0 Å². The van der Waals surface area contributed by atoms with E-state index in [0.717, 1.165) is 12.1 Å². The summed E-state index contributed by atoms with van der Waals surface area (Å²) in [5, 5.41) is 4.77. The van der Waals surface area contributed by atoms with E-state index in [0.29, 0.717) is 54.6 Å². The third-order valence-corrected chi connectivity index (χ3v) is 7.39. The van der Waals surface area contributed by atoms with Crippen LogP contribution in [0.1, 0.15) is 21.5 Å². The Balaban J connectivity index is 1.33. The van der Waals surface area contributed by atoms with Gasteiger partial charge < -0.3 is 14.4 Å². The number of alkyl halides is 3. The van der Waals surface area contributed by atoms with E-state index in [1.54, 1.807) is 59.5 Å². The first-order valence-corrected chi connectivity index (χ1v) is 13.8. The number of nitrogens with zero attached hydrogens (tertiary/aromatic N) is 3. The van der Waals surface area contributed by atoms with E-state index < -0.39 is 17.6 Å². The van der Waals surface area contributed by atoms with Crippen LogP contribution in [0.5, 0.6) is 11.5 Å². The molecule has 1 saturated heterocycles. The molecule has 1 aliphatic rings. The summed E-state index contributed by atoms with van der Waals surface area (Å²) in [5.41, 5.74) is 0.536. The van der Waals surface area contributed by atoms with Gasteiger partial charge in [-0.05, 0) is 60.7 Å². The number of halogens is 5. The van der Waals surface area contributed by atoms with Crippen molar-refractivity contribution >= 4 is 28.4 Å². The Morgan fingerprint density at radius 2 is 1.67 bits per heavy atom. The van der Waals surface area contributed by atoms with Crippen molar-refractivity contribution in [3.05, 3.63) is 112 Å². The topological polar surface area (TPSA) is 56.6 Å². The quantitative estimate of drug-likeness (QED) is 0.184. The molecule has 0 unspecified atom stereocenters. The molecule has 1 amide bonds. The first kappa shape index (κ1) is 28.7. The number of carbonyl (C=O) groups excluding carboxylic acids is 1. The van der Waals surface area contributed by atoms with Gasteiger partial charge in [0.1, 0.15) is 22.8 Å². The van der Waals surface area contributed by atoms with Crippen LogP contribution in [0.3, 0.4) is 0 Å². The Bertz CT molecular complexity index is 1800. The molecular weight excluding hydrogens is 586 g/mol. The molecule has 11 heteroatoms.